The minimum atomic E-state index is -4.48. The lowest BCUT2D eigenvalue weighted by Crippen LogP contribution is -2.21. The number of thiazole rings is 1. The van der Waals surface area contributed by atoms with Crippen molar-refractivity contribution < 1.29 is 18.3 Å². The molecule has 1 rings (SSSR count). The largest absolute Gasteiger partial charge is 0.427 e. The Morgan fingerprint density at radius 2 is 1.53 bits per heavy atom. The highest BCUT2D eigenvalue weighted by Crippen LogP contribution is 2.42. The summed E-state index contributed by atoms with van der Waals surface area (Å²) in [5.41, 5.74) is -2.35. The maximum Gasteiger partial charge on any atom is 0.427 e. The number of aliphatic hydroxyl groups is 1. The lowest BCUT2D eigenvalue weighted by Gasteiger charge is -2.17. The Bertz CT molecular complexity index is 378. The molecule has 0 amide bonds. The molecule has 0 atom stereocenters. The molecule has 0 bridgehead atoms. The van der Waals surface area contributed by atoms with Crippen molar-refractivity contribution in [3.8, 4) is 0 Å². The maximum atomic E-state index is 12.8. The molecule has 0 aliphatic heterocycles. The van der Waals surface area contributed by atoms with Gasteiger partial charge < -0.3 is 5.11 Å². The van der Waals surface area contributed by atoms with Crippen LogP contribution in [0.2, 0.25) is 0 Å². The fourth-order valence-corrected chi connectivity index (χ4v) is 2.39. The van der Waals surface area contributed by atoms with Crippen molar-refractivity contribution in [2.45, 2.75) is 51.8 Å². The molecule has 0 aromatic carbocycles. The summed E-state index contributed by atoms with van der Waals surface area (Å²) in [6.07, 6.45) is -4.48. The SMILES string of the molecule is CC(C)(C)c1nc(C(C)(C)O)c(C(F)(F)F)s1. The molecule has 0 aliphatic rings. The van der Waals surface area contributed by atoms with E-state index in [1.165, 1.54) is 13.8 Å². The molecular formula is C11H16F3NOS. The van der Waals surface area contributed by atoms with Crippen molar-refractivity contribution in [2.24, 2.45) is 0 Å². The van der Waals surface area contributed by atoms with E-state index in [1.54, 1.807) is 20.8 Å². The summed E-state index contributed by atoms with van der Waals surface area (Å²) in [6, 6.07) is 0. The van der Waals surface area contributed by atoms with Crippen molar-refractivity contribution >= 4 is 11.3 Å². The van der Waals surface area contributed by atoms with Gasteiger partial charge in [-0.25, -0.2) is 4.98 Å². The molecule has 17 heavy (non-hydrogen) atoms. The summed E-state index contributed by atoms with van der Waals surface area (Å²) in [4.78, 5) is 3.16. The van der Waals surface area contributed by atoms with E-state index in [2.05, 4.69) is 4.98 Å². The van der Waals surface area contributed by atoms with Gasteiger partial charge in [0.15, 0.2) is 0 Å². The van der Waals surface area contributed by atoms with E-state index in [-0.39, 0.29) is 5.69 Å². The first-order chi connectivity index (χ1) is 7.33. The molecule has 0 aliphatic carbocycles. The van der Waals surface area contributed by atoms with Crippen molar-refractivity contribution in [1.82, 2.24) is 4.98 Å². The third-order valence-electron chi connectivity index (χ3n) is 2.11. The number of aromatic nitrogens is 1. The quantitative estimate of drug-likeness (QED) is 0.841. The normalized spacial score (nSPS) is 14.2. The van der Waals surface area contributed by atoms with E-state index in [4.69, 9.17) is 0 Å². The molecule has 6 heteroatoms. The van der Waals surface area contributed by atoms with Gasteiger partial charge in [0.1, 0.15) is 10.5 Å². The monoisotopic (exact) mass is 267 g/mol. The van der Waals surface area contributed by atoms with Gasteiger partial charge in [-0.1, -0.05) is 20.8 Å². The highest BCUT2D eigenvalue weighted by molar-refractivity contribution is 7.12. The molecule has 98 valence electrons. The lowest BCUT2D eigenvalue weighted by molar-refractivity contribution is -0.137. The second kappa shape index (κ2) is 3.95. The van der Waals surface area contributed by atoms with Crippen LogP contribution in [0.5, 0.6) is 0 Å². The molecule has 0 radical (unpaired) electrons. The molecular weight excluding hydrogens is 251 g/mol. The Morgan fingerprint density at radius 1 is 1.06 bits per heavy atom. The van der Waals surface area contributed by atoms with E-state index in [0.29, 0.717) is 16.3 Å². The summed E-state index contributed by atoms with van der Waals surface area (Å²) >= 11 is 0.604. The van der Waals surface area contributed by atoms with Gasteiger partial charge in [-0.3, -0.25) is 0 Å². The van der Waals surface area contributed by atoms with Crippen LogP contribution in [0.1, 0.15) is 50.2 Å². The Morgan fingerprint density at radius 3 is 1.76 bits per heavy atom. The van der Waals surface area contributed by atoms with Crippen LogP contribution in [0, 0.1) is 0 Å². The first-order valence-corrected chi connectivity index (χ1v) is 5.96. The number of halogens is 3. The van der Waals surface area contributed by atoms with Crippen LogP contribution < -0.4 is 0 Å². The van der Waals surface area contributed by atoms with Gasteiger partial charge in [0, 0.05) is 5.41 Å². The zero-order valence-corrected chi connectivity index (χ0v) is 11.3. The molecule has 0 fully saturated rings. The highest BCUT2D eigenvalue weighted by atomic mass is 32.1. The van der Waals surface area contributed by atoms with Crippen LogP contribution in [-0.2, 0) is 17.2 Å². The maximum absolute atomic E-state index is 12.8. The fourth-order valence-electron chi connectivity index (χ4n) is 1.25. The average molecular weight is 267 g/mol. The smallest absolute Gasteiger partial charge is 0.384 e. The predicted octanol–water partition coefficient (Wildman–Crippen LogP) is 3.69. The number of rotatable bonds is 1. The Hall–Kier alpha value is -0.620. The fraction of sp³-hybridized carbons (Fsp3) is 0.727. The molecule has 0 saturated heterocycles. The highest BCUT2D eigenvalue weighted by Gasteiger charge is 2.42. The number of hydrogen-bond acceptors (Lipinski definition) is 3. The van der Waals surface area contributed by atoms with Gasteiger partial charge in [0.25, 0.3) is 0 Å². The molecule has 0 saturated carbocycles. The van der Waals surface area contributed by atoms with E-state index in [0.717, 1.165) is 0 Å². The van der Waals surface area contributed by atoms with Crippen LogP contribution in [-0.4, -0.2) is 10.1 Å². The van der Waals surface area contributed by atoms with Gasteiger partial charge in [0.05, 0.1) is 10.7 Å². The van der Waals surface area contributed by atoms with Gasteiger partial charge in [-0.2, -0.15) is 13.2 Å². The molecule has 2 nitrogen and oxygen atoms in total. The van der Waals surface area contributed by atoms with E-state index in [9.17, 15) is 18.3 Å². The molecule has 1 heterocycles. The number of alkyl halides is 3. The summed E-state index contributed by atoms with van der Waals surface area (Å²) in [7, 11) is 0. The standard InChI is InChI=1S/C11H16F3NOS/c1-9(2,3)8-15-6(10(4,5)16)7(17-8)11(12,13)14/h16H,1-5H3. The van der Waals surface area contributed by atoms with Crippen molar-refractivity contribution in [2.75, 3.05) is 0 Å². The summed E-state index contributed by atoms with van der Waals surface area (Å²) < 4.78 is 38.5. The predicted molar refractivity (Wildman–Crippen MR) is 61.1 cm³/mol. The number of hydrogen-bond donors (Lipinski definition) is 1. The molecule has 1 aromatic rings. The minimum Gasteiger partial charge on any atom is -0.384 e. The average Bonchev–Trinajstić information content (AvgIpc) is 2.42. The summed E-state index contributed by atoms with van der Waals surface area (Å²) in [5.74, 6) is 0. The first kappa shape index (κ1) is 14.4. The van der Waals surface area contributed by atoms with Gasteiger partial charge in [-0.05, 0) is 13.8 Å². The lowest BCUT2D eigenvalue weighted by atomic mass is 9.97. The van der Waals surface area contributed by atoms with Crippen molar-refractivity contribution in [3.63, 3.8) is 0 Å². The summed E-state index contributed by atoms with van der Waals surface area (Å²) in [5, 5.41) is 10.1. The third kappa shape index (κ3) is 3.19. The minimum absolute atomic E-state index is 0.292. The molecule has 1 aromatic heterocycles. The van der Waals surface area contributed by atoms with Crippen LogP contribution in [0.15, 0.2) is 0 Å². The number of nitrogens with zero attached hydrogens (tertiary/aromatic N) is 1. The molecule has 0 spiro atoms. The van der Waals surface area contributed by atoms with Crippen LogP contribution in [0.4, 0.5) is 13.2 Å². The van der Waals surface area contributed by atoms with Crippen molar-refractivity contribution in [1.29, 1.82) is 0 Å². The second-order valence-corrected chi connectivity index (χ2v) is 6.50. The Labute approximate surface area is 103 Å². The van der Waals surface area contributed by atoms with Gasteiger partial charge in [-0.15, -0.1) is 11.3 Å². The Balaban J connectivity index is 3.44. The van der Waals surface area contributed by atoms with Crippen LogP contribution in [0.25, 0.3) is 0 Å². The molecule has 1 N–H and O–H groups in total. The van der Waals surface area contributed by atoms with E-state index in [1.807, 2.05) is 0 Å². The third-order valence-corrected chi connectivity index (χ3v) is 3.63. The van der Waals surface area contributed by atoms with Gasteiger partial charge >= 0.3 is 6.18 Å². The zero-order chi connectivity index (χ0) is 13.6. The van der Waals surface area contributed by atoms with E-state index >= 15 is 0 Å². The summed E-state index contributed by atoms with van der Waals surface area (Å²) in [6.45, 7) is 7.99. The second-order valence-electron chi connectivity index (χ2n) is 5.50. The van der Waals surface area contributed by atoms with Crippen LogP contribution >= 0.6 is 11.3 Å². The zero-order valence-electron chi connectivity index (χ0n) is 10.4. The first-order valence-electron chi connectivity index (χ1n) is 5.15. The topological polar surface area (TPSA) is 33.1 Å². The van der Waals surface area contributed by atoms with Crippen LogP contribution in [0.3, 0.4) is 0 Å². The van der Waals surface area contributed by atoms with Crippen molar-refractivity contribution in [3.05, 3.63) is 15.6 Å². The Kier molecular flexibility index (Phi) is 3.35. The molecule has 0 unspecified atom stereocenters. The van der Waals surface area contributed by atoms with E-state index < -0.39 is 22.1 Å². The van der Waals surface area contributed by atoms with Gasteiger partial charge in [0.2, 0.25) is 0 Å².